The molecular formula is C15H22Cl2N2. The summed E-state index contributed by atoms with van der Waals surface area (Å²) in [5.41, 5.74) is 2.19. The third-order valence-corrected chi connectivity index (χ3v) is 4.65. The van der Waals surface area contributed by atoms with Crippen molar-refractivity contribution in [2.75, 3.05) is 31.6 Å². The van der Waals surface area contributed by atoms with Crippen LogP contribution in [0.3, 0.4) is 0 Å². The molecule has 0 saturated carbocycles. The zero-order valence-corrected chi connectivity index (χ0v) is 13.2. The van der Waals surface area contributed by atoms with E-state index in [1.807, 2.05) is 12.1 Å². The summed E-state index contributed by atoms with van der Waals surface area (Å²) < 4.78 is 0. The summed E-state index contributed by atoms with van der Waals surface area (Å²) in [5, 5.41) is 0.762. The summed E-state index contributed by atoms with van der Waals surface area (Å²) in [6.07, 6.45) is 2.60. The van der Waals surface area contributed by atoms with Gasteiger partial charge in [0.2, 0.25) is 0 Å². The number of halogens is 2. The average Bonchev–Trinajstić information content (AvgIpc) is 2.85. The highest BCUT2D eigenvalue weighted by molar-refractivity contribution is 6.32. The Labute approximate surface area is 126 Å². The van der Waals surface area contributed by atoms with Gasteiger partial charge in [0.05, 0.1) is 5.88 Å². The first-order valence-electron chi connectivity index (χ1n) is 6.96. The van der Waals surface area contributed by atoms with Gasteiger partial charge in [-0.1, -0.05) is 24.6 Å². The zero-order valence-electron chi connectivity index (χ0n) is 11.7. The minimum atomic E-state index is 0.460. The second-order valence-corrected chi connectivity index (χ2v) is 5.85. The number of likely N-dealkylation sites (N-methyl/N-ethyl adjacent to an activating group) is 2. The van der Waals surface area contributed by atoms with E-state index in [1.165, 1.54) is 19.4 Å². The lowest BCUT2D eigenvalue weighted by molar-refractivity contribution is 0.270. The topological polar surface area (TPSA) is 6.48 Å². The van der Waals surface area contributed by atoms with Gasteiger partial charge in [-0.3, -0.25) is 4.90 Å². The normalized spacial score (nSPS) is 19.9. The lowest BCUT2D eigenvalue weighted by Gasteiger charge is -2.30. The van der Waals surface area contributed by atoms with Crippen LogP contribution in [0.1, 0.15) is 25.3 Å². The largest absolute Gasteiger partial charge is 0.373 e. The molecule has 4 heteroatoms. The third kappa shape index (κ3) is 3.36. The molecule has 19 heavy (non-hydrogen) atoms. The molecule has 0 spiro atoms. The van der Waals surface area contributed by atoms with Crippen molar-refractivity contribution in [3.05, 3.63) is 28.8 Å². The Morgan fingerprint density at radius 1 is 1.42 bits per heavy atom. The standard InChI is InChI=1S/C15H22Cl2N2/c1-3-19-9-5-6-12(19)11-18(2)15-8-4-7-14(17)13(15)10-16/h4,7-8,12H,3,5-6,9-11H2,1-2H3. The molecule has 0 aromatic heterocycles. The SMILES string of the molecule is CCN1CCCC1CN(C)c1cccc(Cl)c1CCl. The second kappa shape index (κ2) is 6.83. The number of rotatable bonds is 5. The maximum Gasteiger partial charge on any atom is 0.0509 e. The van der Waals surface area contributed by atoms with Crippen LogP contribution in [0.5, 0.6) is 0 Å². The fourth-order valence-electron chi connectivity index (χ4n) is 2.97. The molecule has 1 aromatic rings. The molecule has 2 rings (SSSR count). The van der Waals surface area contributed by atoms with Gasteiger partial charge in [0.15, 0.2) is 0 Å². The van der Waals surface area contributed by atoms with E-state index in [2.05, 4.69) is 29.8 Å². The highest BCUT2D eigenvalue weighted by atomic mass is 35.5. The van der Waals surface area contributed by atoms with Crippen LogP contribution in [0.25, 0.3) is 0 Å². The minimum absolute atomic E-state index is 0.460. The Balaban J connectivity index is 2.11. The van der Waals surface area contributed by atoms with E-state index in [9.17, 15) is 0 Å². The number of nitrogens with zero attached hydrogens (tertiary/aromatic N) is 2. The molecule has 0 aliphatic carbocycles. The summed E-state index contributed by atoms with van der Waals surface area (Å²) in [4.78, 5) is 4.85. The number of alkyl halides is 1. The molecule has 1 aliphatic heterocycles. The number of hydrogen-bond donors (Lipinski definition) is 0. The van der Waals surface area contributed by atoms with E-state index in [4.69, 9.17) is 23.2 Å². The monoisotopic (exact) mass is 300 g/mol. The maximum absolute atomic E-state index is 6.22. The summed E-state index contributed by atoms with van der Waals surface area (Å²) >= 11 is 12.3. The molecule has 106 valence electrons. The van der Waals surface area contributed by atoms with Gasteiger partial charge in [0.1, 0.15) is 0 Å². The lowest BCUT2D eigenvalue weighted by Crippen LogP contribution is -2.39. The van der Waals surface area contributed by atoms with Crippen LogP contribution < -0.4 is 4.90 Å². The number of benzene rings is 1. The van der Waals surface area contributed by atoms with E-state index < -0.39 is 0 Å². The fourth-order valence-corrected chi connectivity index (χ4v) is 3.56. The predicted octanol–water partition coefficient (Wildman–Crippen LogP) is 4.00. The van der Waals surface area contributed by atoms with Gasteiger partial charge in [-0.15, -0.1) is 11.6 Å². The molecule has 1 atom stereocenters. The first-order valence-corrected chi connectivity index (χ1v) is 7.87. The molecule has 1 fully saturated rings. The first-order chi connectivity index (χ1) is 9.17. The molecule has 1 saturated heterocycles. The molecule has 1 aromatic carbocycles. The Kier molecular flexibility index (Phi) is 5.37. The Morgan fingerprint density at radius 2 is 2.21 bits per heavy atom. The Bertz CT molecular complexity index is 423. The van der Waals surface area contributed by atoms with Crippen LogP contribution in [0.15, 0.2) is 18.2 Å². The molecule has 0 bridgehead atoms. The number of anilines is 1. The quantitative estimate of drug-likeness (QED) is 0.759. The lowest BCUT2D eigenvalue weighted by atomic mass is 10.1. The Morgan fingerprint density at radius 3 is 2.89 bits per heavy atom. The summed E-state index contributed by atoms with van der Waals surface area (Å²) in [6.45, 7) is 5.64. The summed E-state index contributed by atoms with van der Waals surface area (Å²) in [5.74, 6) is 0.460. The molecular weight excluding hydrogens is 279 g/mol. The molecule has 1 aliphatic rings. The highest BCUT2D eigenvalue weighted by Crippen LogP contribution is 2.29. The smallest absolute Gasteiger partial charge is 0.0509 e. The first kappa shape index (κ1) is 15.0. The van der Waals surface area contributed by atoms with Gasteiger partial charge in [-0.25, -0.2) is 0 Å². The van der Waals surface area contributed by atoms with Gasteiger partial charge in [-0.2, -0.15) is 0 Å². The van der Waals surface area contributed by atoms with Gasteiger partial charge in [0.25, 0.3) is 0 Å². The van der Waals surface area contributed by atoms with Gasteiger partial charge in [-0.05, 0) is 38.1 Å². The van der Waals surface area contributed by atoms with Crippen LogP contribution in [0.2, 0.25) is 5.02 Å². The van der Waals surface area contributed by atoms with Crippen LogP contribution in [0.4, 0.5) is 5.69 Å². The molecule has 0 radical (unpaired) electrons. The molecule has 1 heterocycles. The van der Waals surface area contributed by atoms with Crippen molar-refractivity contribution in [1.29, 1.82) is 0 Å². The van der Waals surface area contributed by atoms with Crippen molar-refractivity contribution in [2.24, 2.45) is 0 Å². The van der Waals surface area contributed by atoms with Crippen molar-refractivity contribution >= 4 is 28.9 Å². The Hall–Kier alpha value is -0.440. The summed E-state index contributed by atoms with van der Waals surface area (Å²) in [7, 11) is 2.13. The molecule has 0 N–H and O–H groups in total. The van der Waals surface area contributed by atoms with Gasteiger partial charge in [0, 0.05) is 35.9 Å². The van der Waals surface area contributed by atoms with Crippen LogP contribution in [-0.4, -0.2) is 37.6 Å². The van der Waals surface area contributed by atoms with E-state index >= 15 is 0 Å². The van der Waals surface area contributed by atoms with Crippen molar-refractivity contribution in [3.8, 4) is 0 Å². The average molecular weight is 301 g/mol. The number of hydrogen-bond acceptors (Lipinski definition) is 2. The minimum Gasteiger partial charge on any atom is -0.373 e. The van der Waals surface area contributed by atoms with E-state index in [1.54, 1.807) is 0 Å². The fraction of sp³-hybridized carbons (Fsp3) is 0.600. The number of likely N-dealkylation sites (tertiary alicyclic amines) is 1. The van der Waals surface area contributed by atoms with E-state index in [0.717, 1.165) is 29.4 Å². The van der Waals surface area contributed by atoms with Gasteiger partial charge < -0.3 is 4.90 Å². The molecule has 0 amide bonds. The molecule has 2 nitrogen and oxygen atoms in total. The van der Waals surface area contributed by atoms with Crippen LogP contribution in [0, 0.1) is 0 Å². The predicted molar refractivity (Wildman–Crippen MR) is 84.5 cm³/mol. The van der Waals surface area contributed by atoms with Crippen molar-refractivity contribution < 1.29 is 0 Å². The van der Waals surface area contributed by atoms with Crippen molar-refractivity contribution in [1.82, 2.24) is 4.90 Å². The third-order valence-electron chi connectivity index (χ3n) is 4.03. The zero-order chi connectivity index (χ0) is 13.8. The van der Waals surface area contributed by atoms with Crippen LogP contribution in [-0.2, 0) is 5.88 Å². The maximum atomic E-state index is 6.22. The van der Waals surface area contributed by atoms with Gasteiger partial charge >= 0.3 is 0 Å². The van der Waals surface area contributed by atoms with Crippen LogP contribution >= 0.6 is 23.2 Å². The van der Waals surface area contributed by atoms with Crippen molar-refractivity contribution in [3.63, 3.8) is 0 Å². The van der Waals surface area contributed by atoms with E-state index in [-0.39, 0.29) is 0 Å². The van der Waals surface area contributed by atoms with E-state index in [0.29, 0.717) is 11.9 Å². The molecule has 1 unspecified atom stereocenters. The van der Waals surface area contributed by atoms with Crippen molar-refractivity contribution in [2.45, 2.75) is 31.7 Å². The summed E-state index contributed by atoms with van der Waals surface area (Å²) in [6, 6.07) is 6.66. The highest BCUT2D eigenvalue weighted by Gasteiger charge is 2.24. The second-order valence-electron chi connectivity index (χ2n) is 5.18.